The maximum atomic E-state index is 11.7. The summed E-state index contributed by atoms with van der Waals surface area (Å²) in [7, 11) is 0. The molecule has 5 N–H and O–H groups in total. The van der Waals surface area contributed by atoms with Gasteiger partial charge < -0.3 is 21.3 Å². The zero-order valence-electron chi connectivity index (χ0n) is 10.9. The van der Waals surface area contributed by atoms with Gasteiger partial charge in [-0.2, -0.15) is 0 Å². The highest BCUT2D eigenvalue weighted by molar-refractivity contribution is 5.89. The smallest absolute Gasteiger partial charge is 0.326 e. The summed E-state index contributed by atoms with van der Waals surface area (Å²) in [6.45, 7) is 3.00. The molecule has 1 aromatic carbocycles. The SMILES string of the molecule is CC(C)(N)C(=O)N[C@@H](Cc1ccc(O)cc1)C(=O)O. The number of rotatable bonds is 5. The average molecular weight is 266 g/mol. The summed E-state index contributed by atoms with van der Waals surface area (Å²) < 4.78 is 0. The van der Waals surface area contributed by atoms with Crippen LogP contribution >= 0.6 is 0 Å². The van der Waals surface area contributed by atoms with E-state index in [1.165, 1.54) is 26.0 Å². The number of aliphatic carboxylic acids is 1. The summed E-state index contributed by atoms with van der Waals surface area (Å²) in [5.74, 6) is -1.56. The van der Waals surface area contributed by atoms with Crippen LogP contribution in [0.4, 0.5) is 0 Å². The first kappa shape index (κ1) is 15.0. The first-order valence-corrected chi connectivity index (χ1v) is 5.80. The predicted octanol–water partition coefficient (Wildman–Crippen LogP) is 0.241. The molecule has 0 aliphatic rings. The van der Waals surface area contributed by atoms with Crippen molar-refractivity contribution in [3.63, 3.8) is 0 Å². The van der Waals surface area contributed by atoms with Gasteiger partial charge in [0, 0.05) is 6.42 Å². The number of carbonyl (C=O) groups excluding carboxylic acids is 1. The largest absolute Gasteiger partial charge is 0.508 e. The first-order chi connectivity index (χ1) is 8.70. The van der Waals surface area contributed by atoms with Gasteiger partial charge in [-0.3, -0.25) is 4.79 Å². The fraction of sp³-hybridized carbons (Fsp3) is 0.385. The van der Waals surface area contributed by atoms with E-state index in [4.69, 9.17) is 15.9 Å². The maximum Gasteiger partial charge on any atom is 0.326 e. The molecule has 0 unspecified atom stereocenters. The van der Waals surface area contributed by atoms with Gasteiger partial charge in [-0.15, -0.1) is 0 Å². The number of phenols is 1. The average Bonchev–Trinajstić information content (AvgIpc) is 2.29. The molecule has 0 spiro atoms. The Kier molecular flexibility index (Phi) is 4.50. The van der Waals surface area contributed by atoms with Gasteiger partial charge in [0.15, 0.2) is 0 Å². The highest BCUT2D eigenvalue weighted by Crippen LogP contribution is 2.11. The van der Waals surface area contributed by atoms with Gasteiger partial charge >= 0.3 is 5.97 Å². The number of amides is 1. The van der Waals surface area contributed by atoms with E-state index in [0.29, 0.717) is 5.56 Å². The first-order valence-electron chi connectivity index (χ1n) is 5.80. The second-order valence-electron chi connectivity index (χ2n) is 4.96. The molecule has 104 valence electrons. The van der Waals surface area contributed by atoms with Crippen molar-refractivity contribution in [1.82, 2.24) is 5.32 Å². The van der Waals surface area contributed by atoms with Crippen molar-refractivity contribution in [2.75, 3.05) is 0 Å². The third-order valence-corrected chi connectivity index (χ3v) is 2.56. The molecule has 0 radical (unpaired) electrons. The lowest BCUT2D eigenvalue weighted by Gasteiger charge is -2.22. The van der Waals surface area contributed by atoms with E-state index in [2.05, 4.69) is 5.32 Å². The monoisotopic (exact) mass is 266 g/mol. The molecular formula is C13H18N2O4. The van der Waals surface area contributed by atoms with E-state index in [-0.39, 0.29) is 12.2 Å². The Hall–Kier alpha value is -2.08. The predicted molar refractivity (Wildman–Crippen MR) is 69.6 cm³/mol. The molecule has 0 heterocycles. The number of hydrogen-bond donors (Lipinski definition) is 4. The number of phenolic OH excluding ortho intramolecular Hbond substituents is 1. The van der Waals surface area contributed by atoms with Crippen molar-refractivity contribution in [3.05, 3.63) is 29.8 Å². The summed E-state index contributed by atoms with van der Waals surface area (Å²) in [5, 5.41) is 20.6. The summed E-state index contributed by atoms with van der Waals surface area (Å²) in [6, 6.07) is 5.07. The van der Waals surface area contributed by atoms with Crippen LogP contribution in [0.25, 0.3) is 0 Å². The van der Waals surface area contributed by atoms with Crippen LogP contribution in [0.3, 0.4) is 0 Å². The molecule has 0 saturated carbocycles. The molecule has 0 bridgehead atoms. The number of nitrogens with one attached hydrogen (secondary N) is 1. The van der Waals surface area contributed by atoms with E-state index < -0.39 is 23.5 Å². The maximum absolute atomic E-state index is 11.7. The Bertz CT molecular complexity index is 463. The lowest BCUT2D eigenvalue weighted by Crippen LogP contribution is -2.54. The fourth-order valence-electron chi connectivity index (χ4n) is 1.41. The molecule has 19 heavy (non-hydrogen) atoms. The van der Waals surface area contributed by atoms with Crippen LogP contribution in [0.15, 0.2) is 24.3 Å². The summed E-state index contributed by atoms with van der Waals surface area (Å²) >= 11 is 0. The standard InChI is InChI=1S/C13H18N2O4/c1-13(2,14)12(19)15-10(11(17)18)7-8-3-5-9(16)6-4-8/h3-6,10,16H,7,14H2,1-2H3,(H,15,19)(H,17,18)/t10-/m0/s1. The van der Waals surface area contributed by atoms with E-state index in [9.17, 15) is 9.59 Å². The Balaban J connectivity index is 2.77. The number of aromatic hydroxyl groups is 1. The van der Waals surface area contributed by atoms with Gasteiger partial charge in [-0.05, 0) is 31.5 Å². The number of nitrogens with two attached hydrogens (primary N) is 1. The van der Waals surface area contributed by atoms with Crippen molar-refractivity contribution in [3.8, 4) is 5.75 Å². The van der Waals surface area contributed by atoms with Gasteiger partial charge in [-0.1, -0.05) is 12.1 Å². The minimum absolute atomic E-state index is 0.0998. The lowest BCUT2D eigenvalue weighted by atomic mass is 10.0. The van der Waals surface area contributed by atoms with Crippen LogP contribution in [0.2, 0.25) is 0 Å². The second-order valence-corrected chi connectivity index (χ2v) is 4.96. The van der Waals surface area contributed by atoms with Gasteiger partial charge in [0.25, 0.3) is 0 Å². The van der Waals surface area contributed by atoms with Gasteiger partial charge in [0.05, 0.1) is 5.54 Å². The number of carboxylic acids is 1. The second kappa shape index (κ2) is 5.71. The Morgan fingerprint density at radius 1 is 1.32 bits per heavy atom. The van der Waals surface area contributed by atoms with Crippen molar-refractivity contribution in [1.29, 1.82) is 0 Å². The normalized spacial score (nSPS) is 12.8. The van der Waals surface area contributed by atoms with Gasteiger partial charge in [0.1, 0.15) is 11.8 Å². The lowest BCUT2D eigenvalue weighted by molar-refractivity contribution is -0.142. The molecule has 0 fully saturated rings. The molecule has 1 rings (SSSR count). The summed E-state index contributed by atoms with van der Waals surface area (Å²) in [4.78, 5) is 22.8. The molecule has 1 aromatic rings. The summed E-state index contributed by atoms with van der Waals surface area (Å²) in [5.41, 5.74) is 5.16. The van der Waals surface area contributed by atoms with Gasteiger partial charge in [-0.25, -0.2) is 4.79 Å². The quantitative estimate of drug-likeness (QED) is 0.610. The molecular weight excluding hydrogens is 248 g/mol. The topological polar surface area (TPSA) is 113 Å². The Morgan fingerprint density at radius 3 is 2.26 bits per heavy atom. The molecule has 0 saturated heterocycles. The number of hydrogen-bond acceptors (Lipinski definition) is 4. The fourth-order valence-corrected chi connectivity index (χ4v) is 1.41. The number of benzene rings is 1. The van der Waals surface area contributed by atoms with Crippen molar-refractivity contribution in [2.45, 2.75) is 31.8 Å². The summed E-state index contributed by atoms with van der Waals surface area (Å²) in [6.07, 6.45) is 0.122. The molecule has 6 heteroatoms. The van der Waals surface area contributed by atoms with Crippen molar-refractivity contribution < 1.29 is 19.8 Å². The van der Waals surface area contributed by atoms with Crippen molar-refractivity contribution in [2.24, 2.45) is 5.73 Å². The Labute approximate surface area is 111 Å². The zero-order valence-corrected chi connectivity index (χ0v) is 10.9. The third-order valence-electron chi connectivity index (χ3n) is 2.56. The van der Waals surface area contributed by atoms with Crippen molar-refractivity contribution >= 4 is 11.9 Å². The van der Waals surface area contributed by atoms with Crippen LogP contribution < -0.4 is 11.1 Å². The molecule has 1 atom stereocenters. The number of carbonyl (C=O) groups is 2. The highest BCUT2D eigenvalue weighted by Gasteiger charge is 2.27. The van der Waals surface area contributed by atoms with E-state index in [0.717, 1.165) is 0 Å². The minimum atomic E-state index is -1.14. The molecule has 6 nitrogen and oxygen atoms in total. The van der Waals surface area contributed by atoms with Crippen LogP contribution in [-0.4, -0.2) is 33.7 Å². The number of carboxylic acid groups (broad SMARTS) is 1. The highest BCUT2D eigenvalue weighted by atomic mass is 16.4. The van der Waals surface area contributed by atoms with E-state index in [1.54, 1.807) is 12.1 Å². The zero-order chi connectivity index (χ0) is 14.6. The van der Waals surface area contributed by atoms with E-state index in [1.807, 2.05) is 0 Å². The van der Waals surface area contributed by atoms with Crippen LogP contribution in [0.5, 0.6) is 5.75 Å². The third kappa shape index (κ3) is 4.59. The van der Waals surface area contributed by atoms with E-state index >= 15 is 0 Å². The van der Waals surface area contributed by atoms with Crippen LogP contribution in [0.1, 0.15) is 19.4 Å². The molecule has 0 aromatic heterocycles. The molecule has 0 aliphatic heterocycles. The molecule has 1 amide bonds. The molecule has 0 aliphatic carbocycles. The minimum Gasteiger partial charge on any atom is -0.508 e. The Morgan fingerprint density at radius 2 is 1.84 bits per heavy atom. The van der Waals surface area contributed by atoms with Gasteiger partial charge in [0.2, 0.25) is 5.91 Å². The van der Waals surface area contributed by atoms with Crippen LogP contribution in [0, 0.1) is 0 Å². The van der Waals surface area contributed by atoms with Crippen LogP contribution in [-0.2, 0) is 16.0 Å².